The standard InChI is InChI=1S/C13H17F3N2O3/c1-8(12(19)18-5-6-20-2)21-11-4-3-9(17)7-10(11)13(14,15)16/h3-4,7-8H,5-6,17H2,1-2H3,(H,18,19). The number of halogens is 3. The van der Waals surface area contributed by atoms with E-state index in [0.717, 1.165) is 12.1 Å². The summed E-state index contributed by atoms with van der Waals surface area (Å²) < 4.78 is 48.5. The van der Waals surface area contributed by atoms with Crippen LogP contribution in [0.3, 0.4) is 0 Å². The Labute approximate surface area is 120 Å². The Kier molecular flexibility index (Phi) is 5.83. The van der Waals surface area contributed by atoms with Crippen LogP contribution >= 0.6 is 0 Å². The third kappa shape index (κ3) is 5.14. The van der Waals surface area contributed by atoms with E-state index in [4.69, 9.17) is 15.2 Å². The molecule has 3 N–H and O–H groups in total. The second kappa shape index (κ2) is 7.16. The Bertz CT molecular complexity index is 492. The normalized spacial score (nSPS) is 12.8. The third-order valence-corrected chi connectivity index (χ3v) is 2.59. The number of nitrogens with two attached hydrogens (primary N) is 1. The van der Waals surface area contributed by atoms with Gasteiger partial charge in [0.15, 0.2) is 6.10 Å². The van der Waals surface area contributed by atoms with E-state index in [2.05, 4.69) is 5.32 Å². The van der Waals surface area contributed by atoms with Crippen LogP contribution in [0.25, 0.3) is 0 Å². The lowest BCUT2D eigenvalue weighted by Gasteiger charge is -2.18. The number of rotatable bonds is 6. The Morgan fingerprint density at radius 3 is 2.67 bits per heavy atom. The minimum Gasteiger partial charge on any atom is -0.480 e. The Morgan fingerprint density at radius 2 is 2.10 bits per heavy atom. The van der Waals surface area contributed by atoms with E-state index < -0.39 is 29.5 Å². The molecule has 0 aromatic heterocycles. The Balaban J connectivity index is 2.80. The van der Waals surface area contributed by atoms with E-state index in [1.54, 1.807) is 0 Å². The van der Waals surface area contributed by atoms with Crippen molar-refractivity contribution in [3.05, 3.63) is 23.8 Å². The van der Waals surface area contributed by atoms with Crippen molar-refractivity contribution in [2.75, 3.05) is 26.0 Å². The van der Waals surface area contributed by atoms with Gasteiger partial charge in [-0.25, -0.2) is 0 Å². The van der Waals surface area contributed by atoms with Gasteiger partial charge in [-0.3, -0.25) is 4.79 Å². The zero-order valence-corrected chi connectivity index (χ0v) is 11.7. The summed E-state index contributed by atoms with van der Waals surface area (Å²) in [5, 5.41) is 2.48. The van der Waals surface area contributed by atoms with Gasteiger partial charge in [0.25, 0.3) is 5.91 Å². The lowest BCUT2D eigenvalue weighted by molar-refractivity contribution is -0.140. The fourth-order valence-electron chi connectivity index (χ4n) is 1.54. The van der Waals surface area contributed by atoms with Gasteiger partial charge in [0.2, 0.25) is 0 Å². The average molecular weight is 306 g/mol. The molecule has 21 heavy (non-hydrogen) atoms. The summed E-state index contributed by atoms with van der Waals surface area (Å²) in [5.74, 6) is -0.969. The number of alkyl halides is 3. The highest BCUT2D eigenvalue weighted by molar-refractivity contribution is 5.80. The summed E-state index contributed by atoms with van der Waals surface area (Å²) in [7, 11) is 1.47. The number of amides is 1. The van der Waals surface area contributed by atoms with Crippen LogP contribution in [0.4, 0.5) is 18.9 Å². The molecule has 0 aliphatic carbocycles. The topological polar surface area (TPSA) is 73.6 Å². The average Bonchev–Trinajstić information content (AvgIpc) is 2.39. The summed E-state index contributed by atoms with van der Waals surface area (Å²) in [6.07, 6.45) is -5.69. The maximum absolute atomic E-state index is 12.9. The molecule has 0 aliphatic heterocycles. The van der Waals surface area contributed by atoms with Crippen molar-refractivity contribution in [1.29, 1.82) is 0 Å². The van der Waals surface area contributed by atoms with E-state index in [1.807, 2.05) is 0 Å². The highest BCUT2D eigenvalue weighted by Gasteiger charge is 2.35. The van der Waals surface area contributed by atoms with Gasteiger partial charge in [-0.05, 0) is 25.1 Å². The van der Waals surface area contributed by atoms with Crippen LogP contribution in [0.2, 0.25) is 0 Å². The lowest BCUT2D eigenvalue weighted by Crippen LogP contribution is -2.38. The number of nitrogen functional groups attached to an aromatic ring is 1. The van der Waals surface area contributed by atoms with Crippen LogP contribution < -0.4 is 15.8 Å². The number of benzene rings is 1. The van der Waals surface area contributed by atoms with E-state index in [1.165, 1.54) is 20.1 Å². The lowest BCUT2D eigenvalue weighted by atomic mass is 10.1. The molecule has 0 spiro atoms. The molecular weight excluding hydrogens is 289 g/mol. The summed E-state index contributed by atoms with van der Waals surface area (Å²) in [6, 6.07) is 3.14. The van der Waals surface area contributed by atoms with Gasteiger partial charge in [-0.15, -0.1) is 0 Å². The van der Waals surface area contributed by atoms with E-state index >= 15 is 0 Å². The first-order chi connectivity index (χ1) is 9.75. The van der Waals surface area contributed by atoms with Crippen molar-refractivity contribution in [3.63, 3.8) is 0 Å². The maximum Gasteiger partial charge on any atom is 0.420 e. The second-order valence-corrected chi connectivity index (χ2v) is 4.30. The monoisotopic (exact) mass is 306 g/mol. The second-order valence-electron chi connectivity index (χ2n) is 4.30. The van der Waals surface area contributed by atoms with Crippen LogP contribution in [0.5, 0.6) is 5.75 Å². The van der Waals surface area contributed by atoms with Crippen molar-refractivity contribution < 1.29 is 27.4 Å². The number of carbonyl (C=O) groups excluding carboxylic acids is 1. The molecule has 0 saturated heterocycles. The van der Waals surface area contributed by atoms with Crippen molar-refractivity contribution in [3.8, 4) is 5.75 Å². The highest BCUT2D eigenvalue weighted by atomic mass is 19.4. The largest absolute Gasteiger partial charge is 0.480 e. The molecule has 0 bridgehead atoms. The Morgan fingerprint density at radius 1 is 1.43 bits per heavy atom. The predicted octanol–water partition coefficient (Wildman–Crippen LogP) is 1.82. The van der Waals surface area contributed by atoms with Crippen LogP contribution in [-0.2, 0) is 15.7 Å². The van der Waals surface area contributed by atoms with Crippen LogP contribution in [-0.4, -0.2) is 32.3 Å². The SMILES string of the molecule is COCCNC(=O)C(C)Oc1ccc(N)cc1C(F)(F)F. The molecule has 0 radical (unpaired) electrons. The molecular formula is C13H17F3N2O3. The minimum absolute atomic E-state index is 0.0353. The van der Waals surface area contributed by atoms with Gasteiger partial charge in [0, 0.05) is 19.3 Å². The number of anilines is 1. The molecule has 118 valence electrons. The number of hydrogen-bond donors (Lipinski definition) is 2. The van der Waals surface area contributed by atoms with Crippen molar-refractivity contribution in [1.82, 2.24) is 5.32 Å². The first-order valence-electron chi connectivity index (χ1n) is 6.15. The van der Waals surface area contributed by atoms with Gasteiger partial charge >= 0.3 is 6.18 Å². The molecule has 5 nitrogen and oxygen atoms in total. The van der Waals surface area contributed by atoms with Crippen LogP contribution in [0, 0.1) is 0 Å². The fourth-order valence-corrected chi connectivity index (χ4v) is 1.54. The first kappa shape index (κ1) is 17.1. The van der Waals surface area contributed by atoms with Crippen molar-refractivity contribution >= 4 is 11.6 Å². The molecule has 1 rings (SSSR count). The zero-order chi connectivity index (χ0) is 16.0. The molecule has 1 amide bonds. The summed E-state index contributed by atoms with van der Waals surface area (Å²) in [6.45, 7) is 1.91. The molecule has 1 unspecified atom stereocenters. The third-order valence-electron chi connectivity index (χ3n) is 2.59. The molecule has 1 aromatic carbocycles. The number of methoxy groups -OCH3 is 1. The van der Waals surface area contributed by atoms with Crippen LogP contribution in [0.1, 0.15) is 12.5 Å². The van der Waals surface area contributed by atoms with Crippen molar-refractivity contribution in [2.45, 2.75) is 19.2 Å². The van der Waals surface area contributed by atoms with E-state index in [0.29, 0.717) is 6.61 Å². The minimum atomic E-state index is -4.61. The molecule has 0 heterocycles. The quantitative estimate of drug-likeness (QED) is 0.621. The van der Waals surface area contributed by atoms with Gasteiger partial charge < -0.3 is 20.5 Å². The molecule has 1 aromatic rings. The van der Waals surface area contributed by atoms with Crippen molar-refractivity contribution in [2.24, 2.45) is 0 Å². The maximum atomic E-state index is 12.9. The van der Waals surface area contributed by atoms with Gasteiger partial charge in [0.05, 0.1) is 12.2 Å². The predicted molar refractivity (Wildman–Crippen MR) is 70.8 cm³/mol. The van der Waals surface area contributed by atoms with Gasteiger partial charge in [0.1, 0.15) is 5.75 Å². The smallest absolute Gasteiger partial charge is 0.420 e. The number of nitrogens with one attached hydrogen (secondary N) is 1. The van der Waals surface area contributed by atoms with E-state index in [-0.39, 0.29) is 12.2 Å². The molecule has 0 saturated carbocycles. The van der Waals surface area contributed by atoms with Gasteiger partial charge in [-0.2, -0.15) is 13.2 Å². The number of carbonyl (C=O) groups is 1. The fraction of sp³-hybridized carbons (Fsp3) is 0.462. The van der Waals surface area contributed by atoms with Gasteiger partial charge in [-0.1, -0.05) is 0 Å². The zero-order valence-electron chi connectivity index (χ0n) is 11.7. The molecule has 8 heteroatoms. The summed E-state index contributed by atoms with van der Waals surface area (Å²) in [4.78, 5) is 11.7. The molecule has 0 fully saturated rings. The number of ether oxygens (including phenoxy) is 2. The van der Waals surface area contributed by atoms with E-state index in [9.17, 15) is 18.0 Å². The van der Waals surface area contributed by atoms with Crippen LogP contribution in [0.15, 0.2) is 18.2 Å². The molecule has 0 aliphatic rings. The first-order valence-corrected chi connectivity index (χ1v) is 6.15. The number of hydrogen-bond acceptors (Lipinski definition) is 4. The molecule has 1 atom stereocenters. The summed E-state index contributed by atoms with van der Waals surface area (Å²) >= 11 is 0. The highest BCUT2D eigenvalue weighted by Crippen LogP contribution is 2.37. The summed E-state index contributed by atoms with van der Waals surface area (Å²) in [5.41, 5.74) is 4.30. The Hall–Kier alpha value is -1.96.